The van der Waals surface area contributed by atoms with Gasteiger partial charge in [-0.25, -0.2) is 4.98 Å². The molecule has 1 heterocycles. The first kappa shape index (κ1) is 16.5. The Morgan fingerprint density at radius 1 is 1.12 bits per heavy atom. The predicted molar refractivity (Wildman–Crippen MR) is 93.3 cm³/mol. The van der Waals surface area contributed by atoms with Crippen molar-refractivity contribution in [1.82, 2.24) is 20.5 Å². The molecule has 0 aliphatic carbocycles. The van der Waals surface area contributed by atoms with Crippen LogP contribution in [0.2, 0.25) is 10.0 Å². The summed E-state index contributed by atoms with van der Waals surface area (Å²) in [5, 5.41) is 10.4. The zero-order valence-corrected chi connectivity index (χ0v) is 14.3. The molecule has 0 unspecified atom stereocenters. The molecule has 0 radical (unpaired) electrons. The molecule has 3 aromatic rings. The van der Waals surface area contributed by atoms with Gasteiger partial charge in [0.15, 0.2) is 5.82 Å². The molecule has 24 heavy (non-hydrogen) atoms. The van der Waals surface area contributed by atoms with Crippen LogP contribution in [0, 0.1) is 6.92 Å². The third kappa shape index (κ3) is 3.42. The second-order valence-electron chi connectivity index (χ2n) is 5.20. The number of hydrogen-bond donors (Lipinski definition) is 2. The van der Waals surface area contributed by atoms with Gasteiger partial charge in [-0.05, 0) is 24.6 Å². The Labute approximate surface area is 149 Å². The van der Waals surface area contributed by atoms with Crippen LogP contribution in [0.25, 0.3) is 0 Å². The van der Waals surface area contributed by atoms with E-state index in [2.05, 4.69) is 20.5 Å². The highest BCUT2D eigenvalue weighted by molar-refractivity contribution is 6.43. The molecule has 1 atom stereocenters. The van der Waals surface area contributed by atoms with Crippen LogP contribution < -0.4 is 5.32 Å². The zero-order valence-electron chi connectivity index (χ0n) is 12.8. The van der Waals surface area contributed by atoms with Crippen LogP contribution in [0.3, 0.4) is 0 Å². The van der Waals surface area contributed by atoms with Crippen molar-refractivity contribution in [3.05, 3.63) is 81.4 Å². The van der Waals surface area contributed by atoms with Gasteiger partial charge in [-0.2, -0.15) is 5.10 Å². The molecule has 0 fully saturated rings. The van der Waals surface area contributed by atoms with E-state index in [0.29, 0.717) is 22.2 Å². The number of aryl methyl sites for hydroxylation is 1. The molecule has 2 N–H and O–H groups in total. The highest BCUT2D eigenvalue weighted by atomic mass is 35.5. The molecule has 1 amide bonds. The summed E-state index contributed by atoms with van der Waals surface area (Å²) >= 11 is 12.1. The molecule has 0 bridgehead atoms. The van der Waals surface area contributed by atoms with E-state index in [1.807, 2.05) is 30.3 Å². The van der Waals surface area contributed by atoms with Crippen LogP contribution in [0.4, 0.5) is 0 Å². The highest BCUT2D eigenvalue weighted by Crippen LogP contribution is 2.27. The third-order valence-electron chi connectivity index (χ3n) is 3.48. The Morgan fingerprint density at radius 3 is 2.54 bits per heavy atom. The van der Waals surface area contributed by atoms with E-state index in [1.54, 1.807) is 25.1 Å². The summed E-state index contributed by atoms with van der Waals surface area (Å²) < 4.78 is 0. The Hall–Kier alpha value is -2.37. The van der Waals surface area contributed by atoms with E-state index in [1.165, 1.54) is 0 Å². The zero-order chi connectivity index (χ0) is 17.1. The number of amides is 1. The minimum absolute atomic E-state index is 0.217. The lowest BCUT2D eigenvalue weighted by Gasteiger charge is -2.17. The fourth-order valence-corrected chi connectivity index (χ4v) is 2.71. The van der Waals surface area contributed by atoms with Gasteiger partial charge in [0.25, 0.3) is 5.91 Å². The van der Waals surface area contributed by atoms with Crippen LogP contribution in [-0.4, -0.2) is 21.1 Å². The predicted octanol–water partition coefficient (Wildman–Crippen LogP) is 3.94. The lowest BCUT2D eigenvalue weighted by Crippen LogP contribution is -2.30. The first-order valence-corrected chi connectivity index (χ1v) is 8.00. The molecule has 0 spiro atoms. The van der Waals surface area contributed by atoms with Gasteiger partial charge in [0.2, 0.25) is 0 Å². The summed E-state index contributed by atoms with van der Waals surface area (Å²) in [5.41, 5.74) is 1.17. The third-order valence-corrected chi connectivity index (χ3v) is 4.30. The van der Waals surface area contributed by atoms with Crippen molar-refractivity contribution in [2.75, 3.05) is 0 Å². The van der Waals surface area contributed by atoms with E-state index in [0.717, 1.165) is 5.56 Å². The number of nitrogens with one attached hydrogen (secondary N) is 2. The summed E-state index contributed by atoms with van der Waals surface area (Å²) in [5.74, 6) is 0.796. The molecule has 1 aromatic heterocycles. The summed E-state index contributed by atoms with van der Waals surface area (Å²) in [4.78, 5) is 17.0. The van der Waals surface area contributed by atoms with Gasteiger partial charge in [-0.3, -0.25) is 9.89 Å². The average molecular weight is 361 g/mol. The molecule has 0 aliphatic heterocycles. The maximum absolute atomic E-state index is 12.7. The minimum Gasteiger partial charge on any atom is -0.338 e. The van der Waals surface area contributed by atoms with Crippen LogP contribution in [0.1, 0.15) is 33.6 Å². The first-order chi connectivity index (χ1) is 11.6. The van der Waals surface area contributed by atoms with Gasteiger partial charge >= 0.3 is 0 Å². The molecule has 0 saturated carbocycles. The van der Waals surface area contributed by atoms with Crippen molar-refractivity contribution in [3.8, 4) is 0 Å². The van der Waals surface area contributed by atoms with Gasteiger partial charge in [0, 0.05) is 0 Å². The van der Waals surface area contributed by atoms with Crippen molar-refractivity contribution in [2.45, 2.75) is 13.0 Å². The molecule has 122 valence electrons. The van der Waals surface area contributed by atoms with Crippen molar-refractivity contribution in [2.24, 2.45) is 0 Å². The van der Waals surface area contributed by atoms with Crippen molar-refractivity contribution in [1.29, 1.82) is 0 Å². The van der Waals surface area contributed by atoms with Gasteiger partial charge < -0.3 is 5.32 Å². The largest absolute Gasteiger partial charge is 0.338 e. The maximum atomic E-state index is 12.7. The average Bonchev–Trinajstić information content (AvgIpc) is 3.02. The number of aromatic amines is 1. The summed E-state index contributed by atoms with van der Waals surface area (Å²) in [6.45, 7) is 1.80. The van der Waals surface area contributed by atoms with Crippen molar-refractivity contribution >= 4 is 29.1 Å². The number of carbonyl (C=O) groups excluding carboxylic acids is 1. The second kappa shape index (κ2) is 7.03. The van der Waals surface area contributed by atoms with Crippen molar-refractivity contribution < 1.29 is 4.79 Å². The number of benzene rings is 2. The first-order valence-electron chi connectivity index (χ1n) is 7.25. The Bertz CT molecular complexity index is 864. The Morgan fingerprint density at radius 2 is 1.88 bits per heavy atom. The smallest absolute Gasteiger partial charge is 0.253 e. The number of hydrogen-bond acceptors (Lipinski definition) is 3. The normalized spacial score (nSPS) is 12.0. The van der Waals surface area contributed by atoms with Gasteiger partial charge in [0.05, 0.1) is 15.6 Å². The summed E-state index contributed by atoms with van der Waals surface area (Å²) in [6, 6.07) is 13.9. The molecule has 7 heteroatoms. The number of rotatable bonds is 4. The molecular formula is C17H14Cl2N4O. The molecule has 3 rings (SSSR count). The quantitative estimate of drug-likeness (QED) is 0.740. The van der Waals surface area contributed by atoms with Crippen LogP contribution in [-0.2, 0) is 0 Å². The Balaban J connectivity index is 1.95. The molecule has 2 aromatic carbocycles. The molecular weight excluding hydrogens is 347 g/mol. The van der Waals surface area contributed by atoms with Crippen LogP contribution in [0.15, 0.2) is 48.5 Å². The lowest BCUT2D eigenvalue weighted by atomic mass is 10.1. The van der Waals surface area contributed by atoms with Crippen LogP contribution in [0.5, 0.6) is 0 Å². The number of H-pyrrole nitrogens is 1. The fraction of sp³-hybridized carbons (Fsp3) is 0.118. The minimum atomic E-state index is -0.501. The maximum Gasteiger partial charge on any atom is 0.253 e. The number of halogens is 2. The van der Waals surface area contributed by atoms with E-state index in [-0.39, 0.29) is 10.9 Å². The summed E-state index contributed by atoms with van der Waals surface area (Å²) in [6.07, 6.45) is 0. The molecule has 0 aliphatic rings. The van der Waals surface area contributed by atoms with E-state index >= 15 is 0 Å². The molecule has 5 nitrogen and oxygen atoms in total. The van der Waals surface area contributed by atoms with Gasteiger partial charge in [-0.15, -0.1) is 0 Å². The fourth-order valence-electron chi connectivity index (χ4n) is 2.32. The number of nitrogens with zero attached hydrogens (tertiary/aromatic N) is 2. The number of aromatic nitrogens is 3. The SMILES string of the molecule is Cc1nc([C@@H](NC(=O)c2cccc(Cl)c2Cl)c2ccccc2)n[nH]1. The van der Waals surface area contributed by atoms with Crippen molar-refractivity contribution in [3.63, 3.8) is 0 Å². The van der Waals surface area contributed by atoms with Gasteiger partial charge in [-0.1, -0.05) is 59.6 Å². The lowest BCUT2D eigenvalue weighted by molar-refractivity contribution is 0.0941. The standard InChI is InChI=1S/C17H14Cl2N4O/c1-10-20-16(23-22-10)15(11-6-3-2-4-7-11)21-17(24)12-8-5-9-13(18)14(12)19/h2-9,15H,1H3,(H,21,24)(H,20,22,23)/t15-/m0/s1. The van der Waals surface area contributed by atoms with E-state index in [9.17, 15) is 4.79 Å². The highest BCUT2D eigenvalue weighted by Gasteiger charge is 2.23. The number of carbonyl (C=O) groups is 1. The topological polar surface area (TPSA) is 70.7 Å². The Kier molecular flexibility index (Phi) is 4.83. The monoisotopic (exact) mass is 360 g/mol. The van der Waals surface area contributed by atoms with Gasteiger partial charge in [0.1, 0.15) is 11.9 Å². The second-order valence-corrected chi connectivity index (χ2v) is 5.98. The molecule has 0 saturated heterocycles. The van der Waals surface area contributed by atoms with E-state index < -0.39 is 6.04 Å². The summed E-state index contributed by atoms with van der Waals surface area (Å²) in [7, 11) is 0. The van der Waals surface area contributed by atoms with Crippen LogP contribution >= 0.6 is 23.2 Å². The van der Waals surface area contributed by atoms with E-state index in [4.69, 9.17) is 23.2 Å².